The number of ether oxygens (including phenoxy) is 2. The molecule has 31 heavy (non-hydrogen) atoms. The number of methoxy groups -OCH3 is 1. The van der Waals surface area contributed by atoms with E-state index in [-0.39, 0.29) is 35.8 Å². The summed E-state index contributed by atoms with van der Waals surface area (Å²) in [7, 11) is 1.20. The van der Waals surface area contributed by atoms with Crippen LogP contribution in [0.5, 0.6) is 11.8 Å². The average Bonchev–Trinajstić information content (AvgIpc) is 2.69. The van der Waals surface area contributed by atoms with Crippen LogP contribution in [0.25, 0.3) is 0 Å². The van der Waals surface area contributed by atoms with Gasteiger partial charge in [-0.25, -0.2) is 4.39 Å². The number of carbonyl (C=O) groups is 2. The van der Waals surface area contributed by atoms with E-state index in [0.717, 1.165) is 6.07 Å². The van der Waals surface area contributed by atoms with Crippen LogP contribution in [-0.4, -0.2) is 41.6 Å². The van der Waals surface area contributed by atoms with Crippen molar-refractivity contribution in [3.8, 4) is 11.8 Å². The first-order chi connectivity index (χ1) is 14.5. The highest BCUT2D eigenvalue weighted by Gasteiger charge is 2.29. The Hall–Kier alpha value is -3.24. The van der Waals surface area contributed by atoms with Gasteiger partial charge < -0.3 is 14.8 Å². The Labute approximate surface area is 175 Å². The van der Waals surface area contributed by atoms with Crippen molar-refractivity contribution in [2.24, 2.45) is 0 Å². The van der Waals surface area contributed by atoms with E-state index in [9.17, 15) is 27.2 Å². The summed E-state index contributed by atoms with van der Waals surface area (Å²) in [5.74, 6) is -2.73. The van der Waals surface area contributed by atoms with E-state index >= 15 is 0 Å². The summed E-state index contributed by atoms with van der Waals surface area (Å²) in [5, 5.41) is 2.56. The molecular formula is C20H21F4N3O4. The second-order valence-corrected chi connectivity index (χ2v) is 6.59. The molecule has 0 unspecified atom stereocenters. The standard InChI is InChI=1S/C20H21F4N3O4/c1-4-15(28)8-14-6-12(5-11(2)26-14)17(29)25-9-13-7-16(21)19(27-18(13)30-3)31-10-20(22,23)24/h5-7H,4,8-10H2,1-3H3,(H,25,29). The fourth-order valence-corrected chi connectivity index (χ4v) is 2.61. The number of aromatic nitrogens is 2. The van der Waals surface area contributed by atoms with Crippen LogP contribution >= 0.6 is 0 Å². The first kappa shape index (κ1) is 24.0. The van der Waals surface area contributed by atoms with Crippen molar-refractivity contribution in [3.63, 3.8) is 0 Å². The van der Waals surface area contributed by atoms with Crippen molar-refractivity contribution in [1.29, 1.82) is 0 Å². The summed E-state index contributed by atoms with van der Waals surface area (Å²) in [6, 6.07) is 3.89. The number of halogens is 4. The summed E-state index contributed by atoms with van der Waals surface area (Å²) >= 11 is 0. The average molecular weight is 443 g/mol. The number of carbonyl (C=O) groups excluding carboxylic acids is 2. The van der Waals surface area contributed by atoms with Crippen molar-refractivity contribution < 1.29 is 36.6 Å². The highest BCUT2D eigenvalue weighted by molar-refractivity contribution is 5.94. The summed E-state index contributed by atoms with van der Waals surface area (Å²) in [4.78, 5) is 32.0. The van der Waals surface area contributed by atoms with Crippen molar-refractivity contribution in [2.45, 2.75) is 39.4 Å². The van der Waals surface area contributed by atoms with E-state index in [1.54, 1.807) is 13.8 Å². The van der Waals surface area contributed by atoms with Crippen LogP contribution in [0.1, 0.15) is 40.7 Å². The molecule has 0 bridgehead atoms. The normalized spacial score (nSPS) is 11.2. The Kier molecular flexibility index (Phi) is 7.89. The number of nitrogens with one attached hydrogen (secondary N) is 1. The van der Waals surface area contributed by atoms with E-state index in [4.69, 9.17) is 4.74 Å². The monoisotopic (exact) mass is 443 g/mol. The van der Waals surface area contributed by atoms with Crippen LogP contribution in [0.3, 0.4) is 0 Å². The molecule has 1 amide bonds. The minimum Gasteiger partial charge on any atom is -0.481 e. The number of aryl methyl sites for hydroxylation is 1. The van der Waals surface area contributed by atoms with Crippen molar-refractivity contribution in [3.05, 3.63) is 46.5 Å². The van der Waals surface area contributed by atoms with E-state index in [1.165, 1.54) is 19.2 Å². The van der Waals surface area contributed by atoms with Crippen LogP contribution in [-0.2, 0) is 17.8 Å². The van der Waals surface area contributed by atoms with Gasteiger partial charge in [-0.2, -0.15) is 18.2 Å². The second-order valence-electron chi connectivity index (χ2n) is 6.59. The highest BCUT2D eigenvalue weighted by atomic mass is 19.4. The first-order valence-electron chi connectivity index (χ1n) is 9.22. The minimum atomic E-state index is -4.66. The SMILES string of the molecule is CCC(=O)Cc1cc(C(=O)NCc2cc(F)c(OCC(F)(F)F)nc2OC)cc(C)n1. The fraction of sp³-hybridized carbons (Fsp3) is 0.400. The highest BCUT2D eigenvalue weighted by Crippen LogP contribution is 2.25. The van der Waals surface area contributed by atoms with Crippen LogP contribution in [0.4, 0.5) is 17.6 Å². The molecule has 0 aromatic carbocycles. The molecule has 0 spiro atoms. The Morgan fingerprint density at radius 1 is 1.13 bits per heavy atom. The van der Waals surface area contributed by atoms with Crippen molar-refractivity contribution in [1.82, 2.24) is 15.3 Å². The number of nitrogens with zero attached hydrogens (tertiary/aromatic N) is 2. The molecule has 0 radical (unpaired) electrons. The largest absolute Gasteiger partial charge is 0.481 e. The predicted octanol–water partition coefficient (Wildman–Crippen LogP) is 3.33. The number of rotatable bonds is 9. The summed E-state index contributed by atoms with van der Waals surface area (Å²) in [6.45, 7) is 1.49. The zero-order chi connectivity index (χ0) is 23.2. The maximum absolute atomic E-state index is 14.1. The molecule has 2 aromatic heterocycles. The number of hydrogen-bond acceptors (Lipinski definition) is 6. The molecule has 0 atom stereocenters. The Morgan fingerprint density at radius 2 is 1.84 bits per heavy atom. The summed E-state index contributed by atoms with van der Waals surface area (Å²) in [5.41, 5.74) is 1.35. The minimum absolute atomic E-state index is 0.0245. The molecule has 2 rings (SSSR count). The topological polar surface area (TPSA) is 90.4 Å². The smallest absolute Gasteiger partial charge is 0.422 e. The van der Waals surface area contributed by atoms with Crippen LogP contribution in [0.2, 0.25) is 0 Å². The number of ketones is 1. The molecule has 0 aliphatic heterocycles. The third kappa shape index (κ3) is 7.19. The molecule has 1 N–H and O–H groups in total. The van der Waals surface area contributed by atoms with Gasteiger partial charge >= 0.3 is 6.18 Å². The van der Waals surface area contributed by atoms with Crippen LogP contribution < -0.4 is 14.8 Å². The molecule has 2 aromatic rings. The molecule has 11 heteroatoms. The van der Waals surface area contributed by atoms with E-state index in [1.807, 2.05) is 0 Å². The quantitative estimate of drug-likeness (QED) is 0.598. The number of Topliss-reactive ketones (excluding diaryl/α,β-unsaturated/α-hetero) is 1. The fourth-order valence-electron chi connectivity index (χ4n) is 2.61. The van der Waals surface area contributed by atoms with E-state index in [0.29, 0.717) is 17.8 Å². The Morgan fingerprint density at radius 3 is 2.45 bits per heavy atom. The molecule has 0 aliphatic rings. The van der Waals surface area contributed by atoms with Crippen molar-refractivity contribution >= 4 is 11.7 Å². The first-order valence-corrected chi connectivity index (χ1v) is 9.22. The van der Waals surface area contributed by atoms with Gasteiger partial charge in [-0.15, -0.1) is 0 Å². The maximum atomic E-state index is 14.1. The lowest BCUT2D eigenvalue weighted by molar-refractivity contribution is -0.154. The number of pyridine rings is 2. The lowest BCUT2D eigenvalue weighted by Crippen LogP contribution is -2.24. The van der Waals surface area contributed by atoms with Gasteiger partial charge in [0.05, 0.1) is 7.11 Å². The number of alkyl halides is 3. The molecule has 0 aliphatic carbocycles. The lowest BCUT2D eigenvalue weighted by atomic mass is 10.1. The Bertz CT molecular complexity index is 964. The van der Waals surface area contributed by atoms with Gasteiger partial charge in [0.1, 0.15) is 5.78 Å². The maximum Gasteiger partial charge on any atom is 0.422 e. The van der Waals surface area contributed by atoms with Gasteiger partial charge in [-0.1, -0.05) is 6.92 Å². The van der Waals surface area contributed by atoms with Gasteiger partial charge in [0.25, 0.3) is 11.8 Å². The summed E-state index contributed by atoms with van der Waals surface area (Å²) < 4.78 is 60.2. The molecule has 168 valence electrons. The zero-order valence-electron chi connectivity index (χ0n) is 17.1. The van der Waals surface area contributed by atoms with Gasteiger partial charge in [0.2, 0.25) is 5.88 Å². The van der Waals surface area contributed by atoms with Gasteiger partial charge in [-0.3, -0.25) is 14.6 Å². The molecule has 0 saturated heterocycles. The van der Waals surface area contributed by atoms with Crippen LogP contribution in [0, 0.1) is 12.7 Å². The lowest BCUT2D eigenvalue weighted by Gasteiger charge is -2.13. The second kappa shape index (κ2) is 10.2. The van der Waals surface area contributed by atoms with E-state index in [2.05, 4.69) is 20.0 Å². The third-order valence-corrected chi connectivity index (χ3v) is 4.03. The van der Waals surface area contributed by atoms with Crippen molar-refractivity contribution in [2.75, 3.05) is 13.7 Å². The molecule has 2 heterocycles. The molecule has 0 saturated carbocycles. The predicted molar refractivity (Wildman–Crippen MR) is 101 cm³/mol. The molecule has 0 fully saturated rings. The molecule has 7 nitrogen and oxygen atoms in total. The van der Waals surface area contributed by atoms with E-state index < -0.39 is 30.4 Å². The Balaban J connectivity index is 2.14. The molecular weight excluding hydrogens is 422 g/mol. The van der Waals surface area contributed by atoms with Gasteiger partial charge in [-0.05, 0) is 25.1 Å². The number of amides is 1. The third-order valence-electron chi connectivity index (χ3n) is 4.03. The van der Waals surface area contributed by atoms with Gasteiger partial charge in [0, 0.05) is 41.9 Å². The zero-order valence-corrected chi connectivity index (χ0v) is 17.1. The number of hydrogen-bond donors (Lipinski definition) is 1. The summed E-state index contributed by atoms with van der Waals surface area (Å²) in [6.07, 6.45) is -4.21. The van der Waals surface area contributed by atoms with Crippen LogP contribution in [0.15, 0.2) is 18.2 Å². The van der Waals surface area contributed by atoms with Gasteiger partial charge in [0.15, 0.2) is 12.4 Å².